The Balaban J connectivity index is 1.53. The van der Waals surface area contributed by atoms with Crippen molar-refractivity contribution < 1.29 is 4.79 Å². The van der Waals surface area contributed by atoms with E-state index in [1.165, 1.54) is 4.88 Å². The number of amides is 1. The molecule has 3 nitrogen and oxygen atoms in total. The molecule has 0 aliphatic heterocycles. The average Bonchev–Trinajstić information content (AvgIpc) is 3.03. The van der Waals surface area contributed by atoms with Gasteiger partial charge in [0.15, 0.2) is 0 Å². The van der Waals surface area contributed by atoms with E-state index < -0.39 is 0 Å². The van der Waals surface area contributed by atoms with Crippen molar-refractivity contribution in [3.63, 3.8) is 0 Å². The topological polar surface area (TPSA) is 41.1 Å². The van der Waals surface area contributed by atoms with Crippen LogP contribution in [0.25, 0.3) is 0 Å². The summed E-state index contributed by atoms with van der Waals surface area (Å²) in [6, 6.07) is 4.15. The molecule has 1 aromatic heterocycles. The number of nitrogens with one attached hydrogen (secondary N) is 2. The lowest BCUT2D eigenvalue weighted by atomic mass is 10.4. The molecule has 16 heavy (non-hydrogen) atoms. The lowest BCUT2D eigenvalue weighted by Crippen LogP contribution is -2.32. The van der Waals surface area contributed by atoms with E-state index in [1.807, 2.05) is 0 Å². The van der Waals surface area contributed by atoms with Crippen LogP contribution in [0, 0.1) is 5.92 Å². The third kappa shape index (κ3) is 3.88. The molecule has 0 bridgehead atoms. The van der Waals surface area contributed by atoms with Gasteiger partial charge in [0.25, 0.3) is 0 Å². The van der Waals surface area contributed by atoms with E-state index >= 15 is 0 Å². The van der Waals surface area contributed by atoms with Gasteiger partial charge in [-0.2, -0.15) is 0 Å². The van der Waals surface area contributed by atoms with Crippen molar-refractivity contribution in [2.75, 3.05) is 13.1 Å². The van der Waals surface area contributed by atoms with Crippen molar-refractivity contribution in [3.8, 4) is 0 Å². The number of carbonyl (C=O) groups excluding carboxylic acids is 1. The van der Waals surface area contributed by atoms with Gasteiger partial charge >= 0.3 is 0 Å². The first kappa shape index (κ1) is 12.1. The quantitative estimate of drug-likeness (QED) is 0.791. The van der Waals surface area contributed by atoms with Crippen LogP contribution in [-0.4, -0.2) is 19.0 Å². The molecule has 0 radical (unpaired) electrons. The third-order valence-electron chi connectivity index (χ3n) is 2.48. The maximum atomic E-state index is 11.3. The monoisotopic (exact) mass is 302 g/mol. The SMILES string of the molecule is O=C(NCCNCc1ccc(Br)s1)C1CC1. The van der Waals surface area contributed by atoms with Crippen LogP contribution < -0.4 is 10.6 Å². The molecular formula is C11H15BrN2OS. The van der Waals surface area contributed by atoms with Gasteiger partial charge in [-0.3, -0.25) is 4.79 Å². The molecular weight excluding hydrogens is 288 g/mol. The van der Waals surface area contributed by atoms with Crippen LogP contribution in [0.5, 0.6) is 0 Å². The molecule has 1 aliphatic rings. The Labute approximate surface area is 108 Å². The summed E-state index contributed by atoms with van der Waals surface area (Å²) in [5, 5.41) is 6.23. The van der Waals surface area contributed by atoms with E-state index in [-0.39, 0.29) is 5.91 Å². The summed E-state index contributed by atoms with van der Waals surface area (Å²) in [5.74, 6) is 0.536. The maximum Gasteiger partial charge on any atom is 0.223 e. The number of hydrogen-bond donors (Lipinski definition) is 2. The predicted octanol–water partition coefficient (Wildman–Crippen LogP) is 2.13. The van der Waals surface area contributed by atoms with E-state index in [0.717, 1.165) is 36.3 Å². The van der Waals surface area contributed by atoms with Gasteiger partial charge in [-0.25, -0.2) is 0 Å². The molecule has 1 heterocycles. The minimum absolute atomic E-state index is 0.223. The Morgan fingerprint density at radius 1 is 1.44 bits per heavy atom. The zero-order chi connectivity index (χ0) is 11.4. The summed E-state index contributed by atoms with van der Waals surface area (Å²) in [6.07, 6.45) is 2.14. The Hall–Kier alpha value is -0.390. The zero-order valence-corrected chi connectivity index (χ0v) is 11.4. The Kier molecular flexibility index (Phi) is 4.37. The first-order chi connectivity index (χ1) is 7.75. The fourth-order valence-corrected chi connectivity index (χ4v) is 2.88. The molecule has 1 fully saturated rings. The molecule has 2 rings (SSSR count). The highest BCUT2D eigenvalue weighted by Gasteiger charge is 2.28. The van der Waals surface area contributed by atoms with Crippen LogP contribution in [-0.2, 0) is 11.3 Å². The second-order valence-corrected chi connectivity index (χ2v) is 6.50. The summed E-state index contributed by atoms with van der Waals surface area (Å²) in [6.45, 7) is 2.42. The van der Waals surface area contributed by atoms with E-state index in [2.05, 4.69) is 38.7 Å². The van der Waals surface area contributed by atoms with Crippen molar-refractivity contribution in [3.05, 3.63) is 20.8 Å². The molecule has 0 saturated heterocycles. The summed E-state index contributed by atoms with van der Waals surface area (Å²) < 4.78 is 1.16. The van der Waals surface area contributed by atoms with Crippen LogP contribution in [0.4, 0.5) is 0 Å². The lowest BCUT2D eigenvalue weighted by Gasteiger charge is -2.05. The minimum Gasteiger partial charge on any atom is -0.355 e. The van der Waals surface area contributed by atoms with E-state index in [0.29, 0.717) is 5.92 Å². The Bertz CT molecular complexity index is 363. The zero-order valence-electron chi connectivity index (χ0n) is 8.96. The van der Waals surface area contributed by atoms with Gasteiger partial charge in [-0.05, 0) is 40.9 Å². The molecule has 1 amide bonds. The van der Waals surface area contributed by atoms with Crippen molar-refractivity contribution in [1.82, 2.24) is 10.6 Å². The van der Waals surface area contributed by atoms with Crippen molar-refractivity contribution in [2.24, 2.45) is 5.92 Å². The predicted molar refractivity (Wildman–Crippen MR) is 69.5 cm³/mol. The van der Waals surface area contributed by atoms with Crippen molar-refractivity contribution in [2.45, 2.75) is 19.4 Å². The molecule has 0 unspecified atom stereocenters. The third-order valence-corrected chi connectivity index (χ3v) is 4.10. The Morgan fingerprint density at radius 3 is 2.88 bits per heavy atom. The number of thiophene rings is 1. The smallest absolute Gasteiger partial charge is 0.223 e. The molecule has 0 atom stereocenters. The highest BCUT2D eigenvalue weighted by molar-refractivity contribution is 9.11. The van der Waals surface area contributed by atoms with Crippen molar-refractivity contribution >= 4 is 33.2 Å². The van der Waals surface area contributed by atoms with E-state index in [4.69, 9.17) is 0 Å². The van der Waals surface area contributed by atoms with E-state index in [9.17, 15) is 4.79 Å². The highest BCUT2D eigenvalue weighted by atomic mass is 79.9. The molecule has 1 aliphatic carbocycles. The Morgan fingerprint density at radius 2 is 2.25 bits per heavy atom. The van der Waals surface area contributed by atoms with Crippen LogP contribution in [0.1, 0.15) is 17.7 Å². The summed E-state index contributed by atoms with van der Waals surface area (Å²) in [4.78, 5) is 12.6. The molecule has 1 aromatic rings. The van der Waals surface area contributed by atoms with Crippen molar-refractivity contribution in [1.29, 1.82) is 0 Å². The number of rotatable bonds is 6. The van der Waals surface area contributed by atoms with Crippen LogP contribution in [0.15, 0.2) is 15.9 Å². The molecule has 88 valence electrons. The number of halogens is 1. The van der Waals surface area contributed by atoms with Gasteiger partial charge in [0.1, 0.15) is 0 Å². The molecule has 0 spiro atoms. The summed E-state index contributed by atoms with van der Waals surface area (Å²) in [5.41, 5.74) is 0. The summed E-state index contributed by atoms with van der Waals surface area (Å²) in [7, 11) is 0. The van der Waals surface area contributed by atoms with Gasteiger partial charge in [0.2, 0.25) is 5.91 Å². The second-order valence-electron chi connectivity index (χ2n) is 3.95. The molecule has 1 saturated carbocycles. The average molecular weight is 303 g/mol. The largest absolute Gasteiger partial charge is 0.355 e. The fourth-order valence-electron chi connectivity index (χ4n) is 1.42. The maximum absolute atomic E-state index is 11.3. The molecule has 0 aromatic carbocycles. The summed E-state index contributed by atoms with van der Waals surface area (Å²) >= 11 is 5.16. The fraction of sp³-hybridized carbons (Fsp3) is 0.545. The molecule has 2 N–H and O–H groups in total. The number of hydrogen-bond acceptors (Lipinski definition) is 3. The van der Waals surface area contributed by atoms with Gasteiger partial charge in [0, 0.05) is 30.4 Å². The van der Waals surface area contributed by atoms with Gasteiger partial charge in [0.05, 0.1) is 3.79 Å². The minimum atomic E-state index is 0.223. The highest BCUT2D eigenvalue weighted by Crippen LogP contribution is 2.28. The second kappa shape index (κ2) is 5.80. The van der Waals surface area contributed by atoms with E-state index in [1.54, 1.807) is 11.3 Å². The van der Waals surface area contributed by atoms with Crippen LogP contribution in [0.3, 0.4) is 0 Å². The van der Waals surface area contributed by atoms with Gasteiger partial charge < -0.3 is 10.6 Å². The normalized spacial score (nSPS) is 15.1. The first-order valence-electron chi connectivity index (χ1n) is 5.48. The molecule has 5 heteroatoms. The first-order valence-corrected chi connectivity index (χ1v) is 7.09. The van der Waals surface area contributed by atoms with Gasteiger partial charge in [-0.15, -0.1) is 11.3 Å². The lowest BCUT2D eigenvalue weighted by molar-refractivity contribution is -0.122. The van der Waals surface area contributed by atoms with Crippen LogP contribution in [0.2, 0.25) is 0 Å². The standard InChI is InChI=1S/C11H15BrN2OS/c12-10-4-3-9(16-10)7-13-5-6-14-11(15)8-1-2-8/h3-4,8,13H,1-2,5-7H2,(H,14,15). The number of carbonyl (C=O) groups is 1. The van der Waals surface area contributed by atoms with Crippen LogP contribution >= 0.6 is 27.3 Å². The van der Waals surface area contributed by atoms with Gasteiger partial charge in [-0.1, -0.05) is 0 Å².